The number of hydrogen-bond acceptors (Lipinski definition) is 0. The number of benzene rings is 1. The van der Waals surface area contributed by atoms with E-state index in [-0.39, 0.29) is 0 Å². The van der Waals surface area contributed by atoms with E-state index < -0.39 is 0 Å². The van der Waals surface area contributed by atoms with Crippen LogP contribution in [0.3, 0.4) is 0 Å². The van der Waals surface area contributed by atoms with Gasteiger partial charge in [0.2, 0.25) is 0 Å². The maximum Gasteiger partial charge on any atom is 0.0607 e. The third kappa shape index (κ3) is 1.56. The molecule has 1 fully saturated rings. The first kappa shape index (κ1) is 8.68. The van der Waals surface area contributed by atoms with Crippen LogP contribution in [0.1, 0.15) is 24.3 Å². The third-order valence-corrected chi connectivity index (χ3v) is 3.11. The molecule has 2 rings (SSSR count). The van der Waals surface area contributed by atoms with Gasteiger partial charge in [0.1, 0.15) is 0 Å². The summed E-state index contributed by atoms with van der Waals surface area (Å²) >= 11 is 17.7. The van der Waals surface area contributed by atoms with Gasteiger partial charge in [-0.15, -0.1) is 0 Å². The number of halogens is 3. The average Bonchev–Trinajstić information content (AvgIpc) is 2.79. The zero-order valence-corrected chi connectivity index (χ0v) is 8.55. The van der Waals surface area contributed by atoms with Crippen molar-refractivity contribution in [3.8, 4) is 0 Å². The van der Waals surface area contributed by atoms with E-state index in [9.17, 15) is 0 Å². The maximum absolute atomic E-state index is 5.99. The topological polar surface area (TPSA) is 0 Å². The Balaban J connectivity index is 2.47. The van der Waals surface area contributed by atoms with E-state index in [1.54, 1.807) is 6.07 Å². The molecule has 1 saturated carbocycles. The van der Waals surface area contributed by atoms with E-state index in [1.807, 2.05) is 6.07 Å². The Morgan fingerprint density at radius 3 is 2.08 bits per heavy atom. The molecule has 0 N–H and O–H groups in total. The predicted molar refractivity (Wildman–Crippen MR) is 53.4 cm³/mol. The van der Waals surface area contributed by atoms with Gasteiger partial charge in [0, 0.05) is 5.02 Å². The molecule has 0 aromatic heterocycles. The fourth-order valence-corrected chi connectivity index (χ4v) is 1.95. The van der Waals surface area contributed by atoms with Crippen LogP contribution in [0.4, 0.5) is 0 Å². The van der Waals surface area contributed by atoms with Gasteiger partial charge in [-0.25, -0.2) is 0 Å². The standard InChI is InChI=1S/C9H7Cl3/c10-7-4-9(12)8(11)3-6(7)5-1-2-5/h3-5H,1-2H2. The molecule has 1 aliphatic rings. The number of rotatable bonds is 1. The first-order valence-electron chi connectivity index (χ1n) is 3.83. The summed E-state index contributed by atoms with van der Waals surface area (Å²) in [5, 5.41) is 1.88. The van der Waals surface area contributed by atoms with Crippen LogP contribution >= 0.6 is 34.8 Å². The molecule has 0 saturated heterocycles. The molecule has 0 atom stereocenters. The molecule has 0 amide bonds. The highest BCUT2D eigenvalue weighted by atomic mass is 35.5. The monoisotopic (exact) mass is 220 g/mol. The second-order valence-electron chi connectivity index (χ2n) is 3.06. The minimum Gasteiger partial charge on any atom is -0.0840 e. The van der Waals surface area contributed by atoms with Crippen molar-refractivity contribution in [3.05, 3.63) is 32.8 Å². The summed E-state index contributed by atoms with van der Waals surface area (Å²) in [7, 11) is 0. The van der Waals surface area contributed by atoms with Gasteiger partial charge in [0.15, 0.2) is 0 Å². The zero-order valence-electron chi connectivity index (χ0n) is 6.28. The minimum atomic E-state index is 0.533. The van der Waals surface area contributed by atoms with Crippen LogP contribution in [0.15, 0.2) is 12.1 Å². The molecule has 0 bridgehead atoms. The van der Waals surface area contributed by atoms with Crippen LogP contribution in [0.25, 0.3) is 0 Å². The highest BCUT2D eigenvalue weighted by molar-refractivity contribution is 6.43. The summed E-state index contributed by atoms with van der Waals surface area (Å²) in [5.74, 6) is 0.618. The molecular formula is C9H7Cl3. The Kier molecular flexibility index (Phi) is 2.24. The largest absolute Gasteiger partial charge is 0.0840 e. The van der Waals surface area contributed by atoms with Gasteiger partial charge >= 0.3 is 0 Å². The van der Waals surface area contributed by atoms with Gasteiger partial charge in [0.05, 0.1) is 10.0 Å². The first-order chi connectivity index (χ1) is 5.68. The van der Waals surface area contributed by atoms with Gasteiger partial charge in [-0.1, -0.05) is 34.8 Å². The van der Waals surface area contributed by atoms with Crippen molar-refractivity contribution in [2.45, 2.75) is 18.8 Å². The Labute approximate surface area is 86.4 Å². The molecule has 0 nitrogen and oxygen atoms in total. The van der Waals surface area contributed by atoms with E-state index in [4.69, 9.17) is 34.8 Å². The van der Waals surface area contributed by atoms with E-state index in [0.717, 1.165) is 10.6 Å². The molecule has 64 valence electrons. The van der Waals surface area contributed by atoms with Crippen molar-refractivity contribution >= 4 is 34.8 Å². The highest BCUT2D eigenvalue weighted by Crippen LogP contribution is 2.45. The lowest BCUT2D eigenvalue weighted by Crippen LogP contribution is -1.82. The van der Waals surface area contributed by atoms with Crippen LogP contribution in [0.5, 0.6) is 0 Å². The molecule has 0 spiro atoms. The summed E-state index contributed by atoms with van der Waals surface area (Å²) < 4.78 is 0. The van der Waals surface area contributed by atoms with E-state index in [2.05, 4.69) is 0 Å². The normalized spacial score (nSPS) is 16.6. The zero-order chi connectivity index (χ0) is 8.72. The van der Waals surface area contributed by atoms with Gasteiger partial charge in [-0.2, -0.15) is 0 Å². The van der Waals surface area contributed by atoms with Gasteiger partial charge in [-0.05, 0) is 36.5 Å². The average molecular weight is 222 g/mol. The first-order valence-corrected chi connectivity index (χ1v) is 4.96. The van der Waals surface area contributed by atoms with Crippen molar-refractivity contribution in [2.24, 2.45) is 0 Å². The van der Waals surface area contributed by atoms with Crippen molar-refractivity contribution < 1.29 is 0 Å². The molecule has 0 aliphatic heterocycles. The van der Waals surface area contributed by atoms with Crippen molar-refractivity contribution in [1.82, 2.24) is 0 Å². The van der Waals surface area contributed by atoms with Crippen LogP contribution in [-0.2, 0) is 0 Å². The molecule has 12 heavy (non-hydrogen) atoms. The lowest BCUT2D eigenvalue weighted by atomic mass is 10.1. The van der Waals surface area contributed by atoms with Crippen molar-refractivity contribution in [1.29, 1.82) is 0 Å². The van der Waals surface area contributed by atoms with Crippen LogP contribution < -0.4 is 0 Å². The molecular weight excluding hydrogens is 214 g/mol. The third-order valence-electron chi connectivity index (χ3n) is 2.06. The maximum atomic E-state index is 5.99. The molecule has 0 heterocycles. The van der Waals surface area contributed by atoms with Gasteiger partial charge in [0.25, 0.3) is 0 Å². The lowest BCUT2D eigenvalue weighted by Gasteiger charge is -2.03. The Morgan fingerprint density at radius 1 is 0.917 bits per heavy atom. The summed E-state index contributed by atoms with van der Waals surface area (Å²) in [6.45, 7) is 0. The summed E-state index contributed by atoms with van der Waals surface area (Å²) in [4.78, 5) is 0. The highest BCUT2D eigenvalue weighted by Gasteiger charge is 2.26. The minimum absolute atomic E-state index is 0.533. The van der Waals surface area contributed by atoms with Crippen LogP contribution in [0, 0.1) is 0 Å². The molecule has 1 aromatic carbocycles. The van der Waals surface area contributed by atoms with Gasteiger partial charge < -0.3 is 0 Å². The Bertz CT molecular complexity index is 316. The fraction of sp³-hybridized carbons (Fsp3) is 0.333. The van der Waals surface area contributed by atoms with E-state index >= 15 is 0 Å². The second kappa shape index (κ2) is 3.10. The SMILES string of the molecule is Clc1cc(Cl)c(C2CC2)cc1Cl. The Morgan fingerprint density at radius 2 is 1.50 bits per heavy atom. The summed E-state index contributed by atoms with van der Waals surface area (Å²) in [6, 6.07) is 3.60. The smallest absolute Gasteiger partial charge is 0.0607 e. The quantitative estimate of drug-likeness (QED) is 0.612. The summed E-state index contributed by atoms with van der Waals surface area (Å²) in [5.41, 5.74) is 1.14. The van der Waals surface area contributed by atoms with E-state index in [1.165, 1.54) is 12.8 Å². The van der Waals surface area contributed by atoms with Gasteiger partial charge in [-0.3, -0.25) is 0 Å². The van der Waals surface area contributed by atoms with Crippen LogP contribution in [-0.4, -0.2) is 0 Å². The summed E-state index contributed by atoms with van der Waals surface area (Å²) in [6.07, 6.45) is 2.44. The molecule has 0 radical (unpaired) electrons. The van der Waals surface area contributed by atoms with Crippen molar-refractivity contribution in [3.63, 3.8) is 0 Å². The number of hydrogen-bond donors (Lipinski definition) is 0. The lowest BCUT2D eigenvalue weighted by molar-refractivity contribution is 1.13. The molecule has 1 aliphatic carbocycles. The molecule has 0 unspecified atom stereocenters. The molecule has 3 heteroatoms. The predicted octanol–water partition coefficient (Wildman–Crippen LogP) is 4.52. The van der Waals surface area contributed by atoms with Crippen LogP contribution in [0.2, 0.25) is 15.1 Å². The fourth-order valence-electron chi connectivity index (χ4n) is 1.25. The second-order valence-corrected chi connectivity index (χ2v) is 4.28. The van der Waals surface area contributed by atoms with Crippen molar-refractivity contribution in [2.75, 3.05) is 0 Å². The van der Waals surface area contributed by atoms with E-state index in [0.29, 0.717) is 16.0 Å². The Hall–Kier alpha value is 0.0900. The molecule has 1 aromatic rings.